The Labute approximate surface area is 586 Å². The number of carboxylic acids is 12. The van der Waals surface area contributed by atoms with Crippen molar-refractivity contribution in [3.63, 3.8) is 0 Å². The quantitative estimate of drug-likeness (QED) is 0.110. The van der Waals surface area contributed by atoms with Gasteiger partial charge in [-0.3, -0.25) is 0 Å². The van der Waals surface area contributed by atoms with Gasteiger partial charge in [0.15, 0.2) is 0 Å². The molecule has 0 saturated heterocycles. The van der Waals surface area contributed by atoms with E-state index in [2.05, 4.69) is 0 Å². The molecule has 0 aliphatic rings. The maximum Gasteiger partial charge on any atom is 4.00 e. The van der Waals surface area contributed by atoms with Crippen LogP contribution in [0.25, 0.3) is 0 Å². The van der Waals surface area contributed by atoms with Crippen molar-refractivity contribution in [1.82, 2.24) is 0 Å². The summed E-state index contributed by atoms with van der Waals surface area (Å²) in [5, 5.41) is 122. The third-order valence-corrected chi connectivity index (χ3v) is 8.14. The zero-order valence-electron chi connectivity index (χ0n) is 41.3. The average molecular weight is 1630 g/mol. The zero-order chi connectivity index (χ0) is 54.8. The van der Waals surface area contributed by atoms with Crippen molar-refractivity contribution in [1.29, 1.82) is 0 Å². The predicted molar refractivity (Wildman–Crippen MR) is 220 cm³/mol. The van der Waals surface area contributed by atoms with Crippen LogP contribution in [0.1, 0.15) is 124 Å². The smallest absolute Gasteiger partial charge is 2.00 e. The van der Waals surface area contributed by atoms with Gasteiger partial charge < -0.3 is 152 Å². The minimum atomic E-state index is -1.33. The van der Waals surface area contributed by atoms with Crippen molar-refractivity contribution in [3.8, 4) is 0 Å². The first kappa shape index (κ1) is 106. The maximum atomic E-state index is 10.2. The molecule has 0 amide bonds. The van der Waals surface area contributed by atoms with Crippen LogP contribution in [0.2, 0.25) is 0 Å². The van der Waals surface area contributed by atoms with Gasteiger partial charge in [0.05, 0.1) is 71.6 Å². The molecule has 6 aromatic carbocycles. The molecule has 420 valence electrons. The molecule has 0 heterocycles. The van der Waals surface area contributed by atoms with E-state index in [9.17, 15) is 119 Å². The van der Waals surface area contributed by atoms with Crippen molar-refractivity contribution in [2.75, 3.05) is 0 Å². The second kappa shape index (κ2) is 54.9. The predicted octanol–water partition coefficient (Wildman–Crippen LogP) is -10.5. The van der Waals surface area contributed by atoms with Crippen LogP contribution < -0.4 is 61.3 Å². The SMILES string of the molecule is O=C([O-])c1ccc(C(=O)[O-])cc1.O=C([O-])c1ccc(C(=O)[O-])cc1.O=C([O-])c1ccc(C(=O)[O-])cc1.O=C([O-])c1ccc(C(=O)[O-])cc1.O=C([O-])c1ccc(C(=O)[O-])cc1.O=C([O-])c1ccc(C(=O)[O-])cc1.[O-2].[O-2].[OH-].[OH-].[OH-].[OH-].[Zr+4].[Zr+4].[Zr+4].[Zr+4].[Zr+4].[Zr+4]. The van der Waals surface area contributed by atoms with E-state index in [-0.39, 0.29) is 257 Å². The summed E-state index contributed by atoms with van der Waals surface area (Å²) in [6, 6.07) is 27.7. The molecule has 36 heteroatoms. The Kier molecular flexibility index (Phi) is 69.4. The number of rotatable bonds is 12. The van der Waals surface area contributed by atoms with Crippen LogP contribution >= 0.6 is 0 Å². The van der Waals surface area contributed by atoms with Gasteiger partial charge in [-0.15, -0.1) is 0 Å². The molecule has 0 aliphatic carbocycles. The number of aromatic carboxylic acids is 12. The van der Waals surface area contributed by atoms with Crippen LogP contribution in [0.5, 0.6) is 0 Å². The second-order valence-electron chi connectivity index (χ2n) is 12.9. The fourth-order valence-electron chi connectivity index (χ4n) is 4.45. The van der Waals surface area contributed by atoms with Crippen molar-refractivity contribution in [2.24, 2.45) is 0 Å². The van der Waals surface area contributed by atoms with Gasteiger partial charge in [0.1, 0.15) is 0 Å². The Morgan fingerprint density at radius 3 is 0.214 bits per heavy atom. The molecule has 0 fully saturated rings. The number of carbonyl (C=O) groups is 12. The van der Waals surface area contributed by atoms with Crippen LogP contribution in [0.15, 0.2) is 146 Å². The molecular formula is C48H28O30Zr6+4. The number of carbonyl (C=O) groups excluding carboxylic acids is 12. The molecule has 0 radical (unpaired) electrons. The third-order valence-electron chi connectivity index (χ3n) is 8.14. The van der Waals surface area contributed by atoms with Gasteiger partial charge >= 0.3 is 157 Å². The Morgan fingerprint density at radius 1 is 0.155 bits per heavy atom. The number of hydrogen-bond acceptors (Lipinski definition) is 28. The normalized spacial score (nSPS) is 8.00. The minimum Gasteiger partial charge on any atom is -2.00 e. The van der Waals surface area contributed by atoms with Crippen LogP contribution in [-0.4, -0.2) is 93.5 Å². The molecule has 0 saturated carbocycles. The standard InChI is InChI=1S/6C8H6O4.4H2O.2O.6Zr/c6*9-7(10)5-1-2-6(4-3-5)8(11)12;;;;;;;;;;;;/h6*1-4H,(H,9,10)(H,11,12);4*1H2;;;;;;;;/q;;;;;;;;;;2*-2;6*+4/p-16. The summed E-state index contributed by atoms with van der Waals surface area (Å²) in [6.45, 7) is 0. The maximum absolute atomic E-state index is 10.2. The molecule has 6 rings (SSSR count). The second-order valence-corrected chi connectivity index (χ2v) is 12.9. The fraction of sp³-hybridized carbons (Fsp3) is 0. The van der Waals surface area contributed by atoms with Gasteiger partial charge in [-0.25, -0.2) is 0 Å². The monoisotopic (exact) mass is 1620 g/mol. The summed E-state index contributed by atoms with van der Waals surface area (Å²) in [5.41, 5.74) is -0.667. The largest absolute Gasteiger partial charge is 4.00 e. The van der Waals surface area contributed by atoms with E-state index < -0.39 is 71.6 Å². The number of hydrogen-bond donors (Lipinski definition) is 0. The van der Waals surface area contributed by atoms with Crippen molar-refractivity contribution in [3.05, 3.63) is 212 Å². The van der Waals surface area contributed by atoms with Crippen LogP contribution in [0.4, 0.5) is 0 Å². The molecule has 0 bridgehead atoms. The minimum absolute atomic E-state index is 0. The molecule has 0 spiro atoms. The van der Waals surface area contributed by atoms with E-state index in [4.69, 9.17) is 0 Å². The molecule has 84 heavy (non-hydrogen) atoms. The summed E-state index contributed by atoms with van der Waals surface area (Å²) < 4.78 is 0. The Morgan fingerprint density at radius 2 is 0.190 bits per heavy atom. The van der Waals surface area contributed by atoms with Gasteiger partial charge in [-0.1, -0.05) is 146 Å². The van der Waals surface area contributed by atoms with Crippen LogP contribution in [0.3, 0.4) is 0 Å². The molecule has 0 unspecified atom stereocenters. The Hall–Kier alpha value is -5.98. The van der Waals surface area contributed by atoms with E-state index in [1.807, 2.05) is 0 Å². The van der Waals surface area contributed by atoms with E-state index in [0.29, 0.717) is 0 Å². The summed E-state index contributed by atoms with van der Waals surface area (Å²) >= 11 is 0. The van der Waals surface area contributed by atoms with Crippen molar-refractivity contribution < 1.29 is 309 Å². The zero-order valence-corrected chi connectivity index (χ0v) is 56.0. The molecular weight excluding hydrogens is 1600 g/mol. The summed E-state index contributed by atoms with van der Waals surface area (Å²) in [7, 11) is 0. The number of benzene rings is 6. The molecule has 0 aliphatic heterocycles. The Balaban J connectivity index is -0.0000000720. The fourth-order valence-corrected chi connectivity index (χ4v) is 4.45. The van der Waals surface area contributed by atoms with Crippen molar-refractivity contribution in [2.45, 2.75) is 0 Å². The third kappa shape index (κ3) is 41.1. The van der Waals surface area contributed by atoms with Gasteiger partial charge in [0, 0.05) is 0 Å². The van der Waals surface area contributed by atoms with Crippen LogP contribution in [0, 0.1) is 0 Å². The van der Waals surface area contributed by atoms with Crippen molar-refractivity contribution >= 4 is 71.6 Å². The summed E-state index contributed by atoms with van der Waals surface area (Å²) in [5.74, 6) is -16.0. The van der Waals surface area contributed by atoms with E-state index >= 15 is 0 Å². The van der Waals surface area contributed by atoms with Crippen LogP contribution in [-0.2, 0) is 168 Å². The molecule has 0 aromatic heterocycles. The average Bonchev–Trinajstić information content (AvgIpc) is 3.35. The van der Waals surface area contributed by atoms with E-state index in [1.54, 1.807) is 0 Å². The molecule has 6 aromatic rings. The molecule has 30 nitrogen and oxygen atoms in total. The topological polar surface area (TPSA) is 659 Å². The summed E-state index contributed by atoms with van der Waals surface area (Å²) in [6.07, 6.45) is 0. The molecule has 0 atom stereocenters. The van der Waals surface area contributed by atoms with Gasteiger partial charge in [-0.05, 0) is 66.8 Å². The first-order valence-corrected chi connectivity index (χ1v) is 18.8. The van der Waals surface area contributed by atoms with Gasteiger partial charge in [-0.2, -0.15) is 0 Å². The van der Waals surface area contributed by atoms with E-state index in [1.165, 1.54) is 0 Å². The first-order valence-electron chi connectivity index (χ1n) is 18.8. The molecule has 4 N–H and O–H groups in total. The Bertz CT molecular complexity index is 2240. The van der Waals surface area contributed by atoms with E-state index in [0.717, 1.165) is 146 Å². The van der Waals surface area contributed by atoms with Gasteiger partial charge in [0.25, 0.3) is 0 Å². The first-order chi connectivity index (χ1) is 33.7. The van der Waals surface area contributed by atoms with Gasteiger partial charge in [0.2, 0.25) is 0 Å². The summed E-state index contributed by atoms with van der Waals surface area (Å²) in [4.78, 5) is 122. The number of carboxylic acid groups (broad SMARTS) is 12.